The highest BCUT2D eigenvalue weighted by Crippen LogP contribution is 2.13. The molecule has 176 valence electrons. The van der Waals surface area contributed by atoms with Gasteiger partial charge >= 0.3 is 5.97 Å². The lowest BCUT2D eigenvalue weighted by Crippen LogP contribution is -2.42. The second-order valence-electron chi connectivity index (χ2n) is 7.90. The summed E-state index contributed by atoms with van der Waals surface area (Å²) in [5.74, 6) is -1.62. The standard InChI is InChI=1S/C21H33N7O4/c22-16(11-14-7-10-28(13-14)21(23)24)19(30)26-8-3-1-2-6-18(29)27-17(20(31)32)12-15-5-4-9-25-15/h4-5,7,9,16-17,25H,1-3,6,8,10-13,22H2,(H3,23,24)(H,26,30)(H,27,29)(H,31,32). The fourth-order valence-corrected chi connectivity index (χ4v) is 3.43. The van der Waals surface area contributed by atoms with E-state index in [-0.39, 0.29) is 30.6 Å². The van der Waals surface area contributed by atoms with E-state index in [0.717, 1.165) is 17.7 Å². The van der Waals surface area contributed by atoms with E-state index in [1.807, 2.05) is 6.08 Å². The normalized spacial score (nSPS) is 15.0. The predicted molar refractivity (Wildman–Crippen MR) is 120 cm³/mol. The number of amides is 2. The zero-order chi connectivity index (χ0) is 23.5. The Morgan fingerprint density at radius 1 is 1.25 bits per heavy atom. The third-order valence-corrected chi connectivity index (χ3v) is 5.25. The molecule has 2 rings (SSSR count). The Labute approximate surface area is 187 Å². The molecule has 0 aromatic carbocycles. The summed E-state index contributed by atoms with van der Waals surface area (Å²) in [4.78, 5) is 40.2. The van der Waals surface area contributed by atoms with Crippen LogP contribution in [0.4, 0.5) is 0 Å². The molecule has 0 radical (unpaired) electrons. The Kier molecular flexibility index (Phi) is 9.74. The number of aromatic nitrogens is 1. The zero-order valence-corrected chi connectivity index (χ0v) is 18.1. The summed E-state index contributed by atoms with van der Waals surface area (Å²) >= 11 is 0. The highest BCUT2D eigenvalue weighted by molar-refractivity contribution is 5.83. The summed E-state index contributed by atoms with van der Waals surface area (Å²) in [5.41, 5.74) is 13.1. The van der Waals surface area contributed by atoms with E-state index in [1.54, 1.807) is 23.2 Å². The van der Waals surface area contributed by atoms with Gasteiger partial charge in [0, 0.05) is 44.4 Å². The molecule has 1 aromatic rings. The van der Waals surface area contributed by atoms with Crippen LogP contribution in [0.2, 0.25) is 0 Å². The molecule has 0 saturated heterocycles. The first kappa shape index (κ1) is 24.9. The number of carboxylic acid groups (broad SMARTS) is 1. The monoisotopic (exact) mass is 447 g/mol. The molecule has 0 saturated carbocycles. The average Bonchev–Trinajstić information content (AvgIpc) is 3.42. The number of hydrogen-bond donors (Lipinski definition) is 7. The van der Waals surface area contributed by atoms with Gasteiger partial charge in [-0.1, -0.05) is 18.1 Å². The van der Waals surface area contributed by atoms with Crippen LogP contribution in [0.3, 0.4) is 0 Å². The van der Waals surface area contributed by atoms with E-state index in [4.69, 9.17) is 16.9 Å². The van der Waals surface area contributed by atoms with Gasteiger partial charge < -0.3 is 37.1 Å². The van der Waals surface area contributed by atoms with Crippen LogP contribution < -0.4 is 22.1 Å². The number of H-pyrrole nitrogens is 1. The molecule has 1 aliphatic rings. The molecular formula is C21H33N7O4. The van der Waals surface area contributed by atoms with E-state index in [1.165, 1.54) is 0 Å². The third kappa shape index (κ3) is 8.42. The first-order valence-corrected chi connectivity index (χ1v) is 10.7. The predicted octanol–water partition coefficient (Wildman–Crippen LogP) is -0.344. The molecule has 1 aromatic heterocycles. The van der Waals surface area contributed by atoms with Gasteiger partial charge in [0.25, 0.3) is 0 Å². The van der Waals surface area contributed by atoms with Gasteiger partial charge in [0.2, 0.25) is 11.8 Å². The topological polar surface area (TPSA) is 190 Å². The van der Waals surface area contributed by atoms with Gasteiger partial charge in [-0.15, -0.1) is 0 Å². The van der Waals surface area contributed by atoms with Gasteiger partial charge in [-0.25, -0.2) is 4.79 Å². The number of aliphatic carboxylic acids is 1. The summed E-state index contributed by atoms with van der Waals surface area (Å²) in [6.07, 6.45) is 6.49. The largest absolute Gasteiger partial charge is 0.480 e. The summed E-state index contributed by atoms with van der Waals surface area (Å²) in [7, 11) is 0. The van der Waals surface area contributed by atoms with Crippen molar-refractivity contribution in [2.45, 2.75) is 50.6 Å². The van der Waals surface area contributed by atoms with Crippen LogP contribution >= 0.6 is 0 Å². The fourth-order valence-electron chi connectivity index (χ4n) is 3.43. The molecule has 2 atom stereocenters. The van der Waals surface area contributed by atoms with Gasteiger partial charge in [-0.2, -0.15) is 0 Å². The number of aromatic amines is 1. The first-order valence-electron chi connectivity index (χ1n) is 10.7. The van der Waals surface area contributed by atoms with Crippen LogP contribution in [-0.2, 0) is 20.8 Å². The number of carbonyl (C=O) groups is 3. The number of carboxylic acids is 1. The van der Waals surface area contributed by atoms with Crippen LogP contribution in [0, 0.1) is 5.41 Å². The number of nitrogens with two attached hydrogens (primary N) is 2. The second kappa shape index (κ2) is 12.5. The van der Waals surface area contributed by atoms with E-state index in [0.29, 0.717) is 38.9 Å². The molecule has 0 bridgehead atoms. The molecule has 1 aliphatic heterocycles. The van der Waals surface area contributed by atoms with Crippen LogP contribution in [0.15, 0.2) is 30.0 Å². The van der Waals surface area contributed by atoms with E-state index >= 15 is 0 Å². The Morgan fingerprint density at radius 2 is 2.03 bits per heavy atom. The molecule has 2 amide bonds. The van der Waals surface area contributed by atoms with E-state index in [9.17, 15) is 19.5 Å². The average molecular weight is 448 g/mol. The van der Waals surface area contributed by atoms with E-state index < -0.39 is 18.1 Å². The fraction of sp³-hybridized carbons (Fsp3) is 0.524. The van der Waals surface area contributed by atoms with Gasteiger partial charge in [0.05, 0.1) is 6.04 Å². The smallest absolute Gasteiger partial charge is 0.326 e. The lowest BCUT2D eigenvalue weighted by molar-refractivity contribution is -0.141. The highest BCUT2D eigenvalue weighted by atomic mass is 16.4. The van der Waals surface area contributed by atoms with Crippen molar-refractivity contribution in [3.8, 4) is 0 Å². The van der Waals surface area contributed by atoms with Crippen LogP contribution in [-0.4, -0.2) is 70.5 Å². The summed E-state index contributed by atoms with van der Waals surface area (Å²) < 4.78 is 0. The number of nitrogens with one attached hydrogen (secondary N) is 4. The molecule has 0 spiro atoms. The van der Waals surface area contributed by atoms with Crippen LogP contribution in [0.1, 0.15) is 37.8 Å². The summed E-state index contributed by atoms with van der Waals surface area (Å²) in [5, 5.41) is 22.1. The number of rotatable bonds is 13. The number of carbonyl (C=O) groups excluding carboxylic acids is 2. The molecule has 11 nitrogen and oxygen atoms in total. The van der Waals surface area contributed by atoms with Crippen LogP contribution in [0.25, 0.3) is 0 Å². The van der Waals surface area contributed by atoms with Crippen molar-refractivity contribution in [3.05, 3.63) is 35.7 Å². The lowest BCUT2D eigenvalue weighted by Gasteiger charge is -2.17. The second-order valence-corrected chi connectivity index (χ2v) is 7.90. The number of hydrogen-bond acceptors (Lipinski definition) is 5. The molecule has 0 aliphatic carbocycles. The van der Waals surface area contributed by atoms with Gasteiger partial charge in [-0.3, -0.25) is 15.0 Å². The molecule has 11 heteroatoms. The summed E-state index contributed by atoms with van der Waals surface area (Å²) in [6, 6.07) is 1.91. The maximum absolute atomic E-state index is 12.1. The Morgan fingerprint density at radius 3 is 2.66 bits per heavy atom. The maximum Gasteiger partial charge on any atom is 0.326 e. The first-order chi connectivity index (χ1) is 15.3. The molecule has 0 fully saturated rings. The Bertz CT molecular complexity index is 822. The maximum atomic E-state index is 12.1. The number of guanidine groups is 1. The SMILES string of the molecule is N=C(N)N1CC=C(CC(N)C(=O)NCCCCCC(=O)NC(Cc2ccc[nH]2)C(=O)O)C1. The number of nitrogens with zero attached hydrogens (tertiary/aromatic N) is 1. The summed E-state index contributed by atoms with van der Waals surface area (Å²) in [6.45, 7) is 1.54. The number of unbranched alkanes of at least 4 members (excludes halogenated alkanes) is 2. The third-order valence-electron chi connectivity index (χ3n) is 5.25. The highest BCUT2D eigenvalue weighted by Gasteiger charge is 2.21. The quantitative estimate of drug-likeness (QED) is 0.0930. The minimum atomic E-state index is -1.07. The van der Waals surface area contributed by atoms with Gasteiger partial charge in [0.1, 0.15) is 6.04 Å². The minimum Gasteiger partial charge on any atom is -0.480 e. The lowest BCUT2D eigenvalue weighted by atomic mass is 10.1. The molecule has 32 heavy (non-hydrogen) atoms. The molecule has 2 heterocycles. The Hall–Kier alpha value is -3.34. The van der Waals surface area contributed by atoms with Crippen molar-refractivity contribution in [2.75, 3.05) is 19.6 Å². The van der Waals surface area contributed by atoms with E-state index in [2.05, 4.69) is 15.6 Å². The van der Waals surface area contributed by atoms with Crippen molar-refractivity contribution in [3.63, 3.8) is 0 Å². The molecule has 2 unspecified atom stereocenters. The van der Waals surface area contributed by atoms with Gasteiger partial charge in [0.15, 0.2) is 5.96 Å². The van der Waals surface area contributed by atoms with Crippen molar-refractivity contribution < 1.29 is 19.5 Å². The Balaban J connectivity index is 1.56. The zero-order valence-electron chi connectivity index (χ0n) is 18.1. The van der Waals surface area contributed by atoms with Crippen molar-refractivity contribution in [1.29, 1.82) is 5.41 Å². The van der Waals surface area contributed by atoms with Crippen molar-refractivity contribution in [1.82, 2.24) is 20.5 Å². The van der Waals surface area contributed by atoms with Gasteiger partial charge in [-0.05, 0) is 31.4 Å². The minimum absolute atomic E-state index is 0.00181. The van der Waals surface area contributed by atoms with Crippen molar-refractivity contribution in [2.24, 2.45) is 11.5 Å². The van der Waals surface area contributed by atoms with Crippen LogP contribution in [0.5, 0.6) is 0 Å². The molecular weight excluding hydrogens is 414 g/mol. The van der Waals surface area contributed by atoms with Crippen molar-refractivity contribution >= 4 is 23.7 Å². The molecule has 9 N–H and O–H groups in total.